The number of rotatable bonds is 3. The summed E-state index contributed by atoms with van der Waals surface area (Å²) in [6.45, 7) is 0. The van der Waals surface area contributed by atoms with Crippen molar-refractivity contribution in [3.63, 3.8) is 0 Å². The zero-order valence-electron chi connectivity index (χ0n) is 12.0. The summed E-state index contributed by atoms with van der Waals surface area (Å²) in [5.41, 5.74) is 0.528. The maximum absolute atomic E-state index is 12.3. The number of carbonyl (C=O) groups excluding carboxylic acids is 1. The van der Waals surface area contributed by atoms with E-state index in [4.69, 9.17) is 9.29 Å². The number of ether oxygens (including phenoxy) is 1. The van der Waals surface area contributed by atoms with Gasteiger partial charge in [-0.1, -0.05) is 12.1 Å². The molecule has 0 aromatic heterocycles. The van der Waals surface area contributed by atoms with Crippen molar-refractivity contribution in [2.45, 2.75) is 12.5 Å². The molecule has 3 rings (SSSR count). The van der Waals surface area contributed by atoms with E-state index in [-0.39, 0.29) is 23.5 Å². The number of carbonyl (C=O) groups is 1. The van der Waals surface area contributed by atoms with Crippen molar-refractivity contribution in [2.75, 3.05) is 0 Å². The number of hydrogen-bond acceptors (Lipinski definition) is 7. The minimum absolute atomic E-state index is 0.0379. The van der Waals surface area contributed by atoms with Gasteiger partial charge >= 0.3 is 10.4 Å². The predicted molar refractivity (Wildman–Crippen MR) is 80.7 cm³/mol. The molecule has 1 atom stereocenters. The molecule has 1 aliphatic heterocycles. The van der Waals surface area contributed by atoms with Crippen molar-refractivity contribution in [1.29, 1.82) is 0 Å². The third-order valence-corrected chi connectivity index (χ3v) is 3.84. The maximum atomic E-state index is 12.3. The molecule has 0 spiro atoms. The molecule has 0 saturated heterocycles. The molecule has 0 saturated carbocycles. The van der Waals surface area contributed by atoms with E-state index < -0.39 is 33.8 Å². The summed E-state index contributed by atoms with van der Waals surface area (Å²) in [6.07, 6.45) is -0.713. The van der Waals surface area contributed by atoms with Crippen molar-refractivity contribution in [1.82, 2.24) is 0 Å². The molecule has 0 aliphatic carbocycles. The number of benzene rings is 2. The van der Waals surface area contributed by atoms with E-state index in [1.165, 1.54) is 12.1 Å². The molecule has 0 radical (unpaired) electrons. The number of phenolic OH excluding ortho intramolecular Hbond substituents is 2. The number of aromatic hydroxyl groups is 2. The Morgan fingerprint density at radius 1 is 1.12 bits per heavy atom. The molecule has 8 nitrogen and oxygen atoms in total. The van der Waals surface area contributed by atoms with Gasteiger partial charge in [0, 0.05) is 12.1 Å². The molecule has 9 heteroatoms. The lowest BCUT2D eigenvalue weighted by Gasteiger charge is -2.26. The molecule has 0 fully saturated rings. The van der Waals surface area contributed by atoms with E-state index in [0.29, 0.717) is 5.56 Å². The topological polar surface area (TPSA) is 130 Å². The second-order valence-corrected chi connectivity index (χ2v) is 6.17. The van der Waals surface area contributed by atoms with E-state index in [0.717, 1.165) is 12.1 Å². The average molecular weight is 352 g/mol. The minimum Gasteiger partial charge on any atom is -0.508 e. The Labute approximate surface area is 136 Å². The Morgan fingerprint density at radius 2 is 1.79 bits per heavy atom. The maximum Gasteiger partial charge on any atom is 0.446 e. The van der Waals surface area contributed by atoms with Crippen LogP contribution in [0.4, 0.5) is 0 Å². The molecular weight excluding hydrogens is 340 g/mol. The quantitative estimate of drug-likeness (QED) is 0.715. The van der Waals surface area contributed by atoms with Crippen LogP contribution in [0.2, 0.25) is 0 Å². The van der Waals surface area contributed by atoms with Crippen LogP contribution in [0.1, 0.15) is 28.4 Å². The fraction of sp³-hybridized carbons (Fsp3) is 0.133. The summed E-state index contributed by atoms with van der Waals surface area (Å²) in [4.78, 5) is 12.3. The second-order valence-electron chi connectivity index (χ2n) is 5.15. The highest BCUT2D eigenvalue weighted by atomic mass is 32.3. The van der Waals surface area contributed by atoms with Crippen molar-refractivity contribution >= 4 is 16.2 Å². The lowest BCUT2D eigenvalue weighted by atomic mass is 9.95. The number of Topliss-reactive ketones (excluding diaryl/α,β-unsaturated/α-hetero) is 1. The van der Waals surface area contributed by atoms with Gasteiger partial charge in [-0.15, -0.1) is 0 Å². The first kappa shape index (κ1) is 16.1. The van der Waals surface area contributed by atoms with Crippen LogP contribution in [0.25, 0.3) is 0 Å². The first-order valence-corrected chi connectivity index (χ1v) is 8.12. The number of ketones is 1. The first-order valence-electron chi connectivity index (χ1n) is 6.75. The van der Waals surface area contributed by atoms with Crippen molar-refractivity contribution in [3.8, 4) is 23.0 Å². The van der Waals surface area contributed by atoms with Gasteiger partial charge in [0.2, 0.25) is 0 Å². The number of phenols is 2. The number of fused-ring (bicyclic) bond motifs is 1. The van der Waals surface area contributed by atoms with Crippen molar-refractivity contribution < 1.29 is 36.9 Å². The highest BCUT2D eigenvalue weighted by Gasteiger charge is 2.31. The van der Waals surface area contributed by atoms with Gasteiger partial charge in [-0.25, -0.2) is 0 Å². The van der Waals surface area contributed by atoms with Crippen LogP contribution in [-0.2, 0) is 10.4 Å². The first-order chi connectivity index (χ1) is 11.2. The lowest BCUT2D eigenvalue weighted by Crippen LogP contribution is -2.20. The second kappa shape index (κ2) is 5.69. The molecule has 2 aromatic rings. The summed E-state index contributed by atoms with van der Waals surface area (Å²) in [7, 11) is -4.78. The summed E-state index contributed by atoms with van der Waals surface area (Å²) >= 11 is 0. The largest absolute Gasteiger partial charge is 0.508 e. The van der Waals surface area contributed by atoms with Crippen molar-refractivity contribution in [2.24, 2.45) is 0 Å². The summed E-state index contributed by atoms with van der Waals surface area (Å²) < 4.78 is 40.2. The molecule has 3 N–H and O–H groups in total. The molecular formula is C15H12O8S. The smallest absolute Gasteiger partial charge is 0.446 e. The molecule has 0 unspecified atom stereocenters. The van der Waals surface area contributed by atoms with Gasteiger partial charge in [-0.05, 0) is 17.7 Å². The Bertz CT molecular complexity index is 902. The van der Waals surface area contributed by atoms with Gasteiger partial charge in [-0.2, -0.15) is 8.42 Å². The molecule has 1 heterocycles. The van der Waals surface area contributed by atoms with Gasteiger partial charge in [0.1, 0.15) is 28.9 Å². The van der Waals surface area contributed by atoms with E-state index in [2.05, 4.69) is 4.18 Å². The molecule has 0 bridgehead atoms. The van der Waals surface area contributed by atoms with Crippen LogP contribution in [-0.4, -0.2) is 29.0 Å². The van der Waals surface area contributed by atoms with Crippen LogP contribution in [0.15, 0.2) is 36.4 Å². The van der Waals surface area contributed by atoms with Crippen LogP contribution >= 0.6 is 0 Å². The van der Waals surface area contributed by atoms with Gasteiger partial charge < -0.3 is 19.1 Å². The zero-order chi connectivity index (χ0) is 17.5. The van der Waals surface area contributed by atoms with E-state index in [9.17, 15) is 23.4 Å². The normalized spacial score (nSPS) is 17.0. The summed E-state index contributed by atoms with van der Waals surface area (Å²) in [5.74, 6) is -1.32. The van der Waals surface area contributed by atoms with Crippen molar-refractivity contribution in [3.05, 3.63) is 47.5 Å². The Kier molecular flexibility index (Phi) is 3.82. The molecule has 24 heavy (non-hydrogen) atoms. The van der Waals surface area contributed by atoms with E-state index in [1.807, 2.05) is 0 Å². The van der Waals surface area contributed by atoms with Crippen LogP contribution in [0, 0.1) is 0 Å². The van der Waals surface area contributed by atoms with E-state index in [1.54, 1.807) is 12.1 Å². The minimum atomic E-state index is -4.78. The van der Waals surface area contributed by atoms with Gasteiger partial charge in [0.05, 0.1) is 6.42 Å². The zero-order valence-corrected chi connectivity index (χ0v) is 12.9. The third-order valence-electron chi connectivity index (χ3n) is 3.44. The van der Waals surface area contributed by atoms with Crippen LogP contribution in [0.5, 0.6) is 23.0 Å². The Balaban J connectivity index is 1.99. The highest BCUT2D eigenvalue weighted by Crippen LogP contribution is 2.42. The fourth-order valence-electron chi connectivity index (χ4n) is 2.46. The standard InChI is InChI=1S/C15H12O8S/c16-9-3-1-8(2-4-9)13-7-12(18)15-11(17)5-10(6-14(15)22-13)23-24(19,20)21/h1-6,13,16-17H,7H2,(H,19,20,21)/t13-/m0/s1. The Morgan fingerprint density at radius 3 is 2.42 bits per heavy atom. The monoisotopic (exact) mass is 352 g/mol. The fourth-order valence-corrected chi connectivity index (χ4v) is 2.80. The van der Waals surface area contributed by atoms with E-state index >= 15 is 0 Å². The molecule has 1 aliphatic rings. The average Bonchev–Trinajstić information content (AvgIpc) is 2.45. The molecule has 0 amide bonds. The molecule has 126 valence electrons. The van der Waals surface area contributed by atoms with Crippen LogP contribution in [0.3, 0.4) is 0 Å². The predicted octanol–water partition coefficient (Wildman–Crippen LogP) is 1.99. The Hall–Kier alpha value is -2.78. The van der Waals surface area contributed by atoms with Gasteiger partial charge in [0.25, 0.3) is 0 Å². The SMILES string of the molecule is O=C1C[C@@H](c2ccc(O)cc2)Oc2cc(OS(=O)(=O)O)cc(O)c21. The third kappa shape index (κ3) is 3.26. The summed E-state index contributed by atoms with van der Waals surface area (Å²) in [6, 6.07) is 8.03. The summed E-state index contributed by atoms with van der Waals surface area (Å²) in [5, 5.41) is 19.2. The number of hydrogen-bond donors (Lipinski definition) is 3. The molecule has 2 aromatic carbocycles. The van der Waals surface area contributed by atoms with Gasteiger partial charge in [-0.3, -0.25) is 9.35 Å². The highest BCUT2D eigenvalue weighted by molar-refractivity contribution is 7.81. The van der Waals surface area contributed by atoms with Gasteiger partial charge in [0.15, 0.2) is 11.5 Å². The lowest BCUT2D eigenvalue weighted by molar-refractivity contribution is 0.0845. The van der Waals surface area contributed by atoms with Crippen LogP contribution < -0.4 is 8.92 Å².